The first-order chi connectivity index (χ1) is 6.17. The highest BCUT2D eigenvalue weighted by Gasteiger charge is 2.08. The molecule has 0 aromatic heterocycles. The van der Waals surface area contributed by atoms with Crippen molar-refractivity contribution in [3.05, 3.63) is 46.4 Å². The van der Waals surface area contributed by atoms with Gasteiger partial charge in [-0.25, -0.2) is 0 Å². The van der Waals surface area contributed by atoms with Gasteiger partial charge in [0.1, 0.15) is 0 Å². The van der Waals surface area contributed by atoms with Gasteiger partial charge in [-0.05, 0) is 25.0 Å². The van der Waals surface area contributed by atoms with E-state index in [0.717, 1.165) is 0 Å². The summed E-state index contributed by atoms with van der Waals surface area (Å²) in [6.07, 6.45) is 0.441. The summed E-state index contributed by atoms with van der Waals surface area (Å²) in [5, 5.41) is 19.0. The van der Waals surface area contributed by atoms with Crippen molar-refractivity contribution in [2.75, 3.05) is 0 Å². The zero-order chi connectivity index (χ0) is 9.84. The second kappa shape index (κ2) is 3.68. The number of non-ortho nitro benzene ring substituents is 1. The van der Waals surface area contributed by atoms with Crippen molar-refractivity contribution in [1.82, 2.24) is 0 Å². The van der Waals surface area contributed by atoms with Crippen LogP contribution in [-0.4, -0.2) is 4.92 Å². The van der Waals surface area contributed by atoms with Crippen LogP contribution in [0.4, 0.5) is 5.69 Å². The lowest BCUT2D eigenvalue weighted by atomic mass is 10.1. The van der Waals surface area contributed by atoms with Crippen LogP contribution in [-0.2, 0) is 6.42 Å². The molecule has 4 nitrogen and oxygen atoms in total. The minimum Gasteiger partial charge on any atom is -0.258 e. The first-order valence-corrected chi connectivity index (χ1v) is 3.65. The maximum atomic E-state index is 10.4. The molecular weight excluding hydrogens is 168 g/mol. The van der Waals surface area contributed by atoms with Crippen molar-refractivity contribution in [2.24, 2.45) is 0 Å². The summed E-state index contributed by atoms with van der Waals surface area (Å²) in [5.41, 5.74) is 0.941. The van der Waals surface area contributed by atoms with E-state index >= 15 is 0 Å². The van der Waals surface area contributed by atoms with Crippen LogP contribution in [0.1, 0.15) is 11.1 Å². The van der Waals surface area contributed by atoms with Crippen LogP contribution < -0.4 is 0 Å². The molecule has 0 aliphatic rings. The van der Waals surface area contributed by atoms with Crippen molar-refractivity contribution in [2.45, 2.75) is 6.42 Å². The van der Waals surface area contributed by atoms with E-state index in [1.807, 2.05) is 6.07 Å². The average molecular weight is 175 g/mol. The number of rotatable bonds is 2. The fraction of sp³-hybridized carbons (Fsp3) is 0.111. The third kappa shape index (κ3) is 2.03. The van der Waals surface area contributed by atoms with Crippen molar-refractivity contribution < 1.29 is 4.92 Å². The lowest BCUT2D eigenvalue weighted by Gasteiger charge is -1.97. The summed E-state index contributed by atoms with van der Waals surface area (Å²) in [6.45, 7) is 3.60. The van der Waals surface area contributed by atoms with Crippen molar-refractivity contribution in [3.8, 4) is 6.07 Å². The van der Waals surface area contributed by atoms with Crippen molar-refractivity contribution in [1.29, 1.82) is 5.26 Å². The highest BCUT2D eigenvalue weighted by Crippen LogP contribution is 2.16. The molecule has 0 aliphatic carbocycles. The van der Waals surface area contributed by atoms with Gasteiger partial charge in [-0.1, -0.05) is 0 Å². The van der Waals surface area contributed by atoms with E-state index in [1.54, 1.807) is 6.07 Å². The molecule has 1 aromatic carbocycles. The molecule has 0 bridgehead atoms. The van der Waals surface area contributed by atoms with Gasteiger partial charge < -0.3 is 0 Å². The van der Waals surface area contributed by atoms with Crippen LogP contribution in [0.2, 0.25) is 0 Å². The Balaban J connectivity index is 3.24. The molecule has 0 N–H and O–H groups in total. The fourth-order valence-electron chi connectivity index (χ4n) is 0.988. The molecule has 0 unspecified atom stereocenters. The Morgan fingerprint density at radius 2 is 2.23 bits per heavy atom. The number of hydrogen-bond donors (Lipinski definition) is 0. The Morgan fingerprint density at radius 1 is 1.54 bits per heavy atom. The molecule has 1 rings (SSSR count). The quantitative estimate of drug-likeness (QED) is 0.508. The van der Waals surface area contributed by atoms with Crippen LogP contribution in [0.5, 0.6) is 0 Å². The molecule has 65 valence electrons. The van der Waals surface area contributed by atoms with Crippen molar-refractivity contribution >= 4 is 5.69 Å². The average Bonchev–Trinajstić information content (AvgIpc) is 2.16. The zero-order valence-electron chi connectivity index (χ0n) is 6.86. The minimum absolute atomic E-state index is 0.0577. The van der Waals surface area contributed by atoms with Gasteiger partial charge in [0.2, 0.25) is 0 Å². The van der Waals surface area contributed by atoms with Gasteiger partial charge in [0, 0.05) is 12.1 Å². The van der Waals surface area contributed by atoms with E-state index in [1.165, 1.54) is 12.1 Å². The second-order valence-corrected chi connectivity index (χ2v) is 2.51. The number of nitriles is 1. The lowest BCUT2D eigenvalue weighted by molar-refractivity contribution is -0.384. The Kier molecular flexibility index (Phi) is 2.60. The van der Waals surface area contributed by atoms with E-state index in [0.29, 0.717) is 17.5 Å². The molecular formula is C9H7N2O2. The van der Waals surface area contributed by atoms with Crippen LogP contribution in [0, 0.1) is 28.4 Å². The molecule has 0 aliphatic heterocycles. The summed E-state index contributed by atoms with van der Waals surface area (Å²) >= 11 is 0. The summed E-state index contributed by atoms with van der Waals surface area (Å²) in [6, 6.07) is 6.14. The Bertz CT molecular complexity index is 380. The highest BCUT2D eigenvalue weighted by atomic mass is 16.6. The molecule has 4 heteroatoms. The summed E-state index contributed by atoms with van der Waals surface area (Å²) in [5.74, 6) is 0. The van der Waals surface area contributed by atoms with Crippen LogP contribution in [0.15, 0.2) is 18.2 Å². The van der Waals surface area contributed by atoms with Gasteiger partial charge in [-0.3, -0.25) is 10.1 Å². The molecule has 1 aromatic rings. The Labute approximate surface area is 75.6 Å². The molecule has 0 amide bonds. The van der Waals surface area contributed by atoms with E-state index < -0.39 is 4.92 Å². The molecule has 0 atom stereocenters. The van der Waals surface area contributed by atoms with Gasteiger partial charge >= 0.3 is 0 Å². The highest BCUT2D eigenvalue weighted by molar-refractivity contribution is 5.44. The molecule has 0 fully saturated rings. The number of nitrogens with zero attached hydrogens (tertiary/aromatic N) is 2. The number of nitro groups is 1. The Morgan fingerprint density at radius 3 is 2.69 bits per heavy atom. The third-order valence-electron chi connectivity index (χ3n) is 1.61. The van der Waals surface area contributed by atoms with Gasteiger partial charge in [-0.2, -0.15) is 5.26 Å². The summed E-state index contributed by atoms with van der Waals surface area (Å²) < 4.78 is 0. The predicted molar refractivity (Wildman–Crippen MR) is 46.9 cm³/mol. The van der Waals surface area contributed by atoms with E-state index in [9.17, 15) is 10.1 Å². The largest absolute Gasteiger partial charge is 0.271 e. The molecule has 0 saturated carbocycles. The molecule has 13 heavy (non-hydrogen) atoms. The van der Waals surface area contributed by atoms with Crippen LogP contribution >= 0.6 is 0 Å². The maximum Gasteiger partial charge on any atom is 0.271 e. The third-order valence-corrected chi connectivity index (χ3v) is 1.61. The number of benzene rings is 1. The monoisotopic (exact) mass is 175 g/mol. The first-order valence-electron chi connectivity index (χ1n) is 3.65. The number of hydrogen-bond acceptors (Lipinski definition) is 3. The van der Waals surface area contributed by atoms with E-state index in [4.69, 9.17) is 5.26 Å². The SMILES string of the molecule is [CH2]Cc1cc(C#N)cc([N+](=O)[O-])c1. The standard InChI is InChI=1S/C9H7N2O2/c1-2-7-3-8(6-10)5-9(4-7)11(12)13/h3-5H,1-2H2. The lowest BCUT2D eigenvalue weighted by Crippen LogP contribution is -1.91. The van der Waals surface area contributed by atoms with Gasteiger partial charge in [0.25, 0.3) is 5.69 Å². The topological polar surface area (TPSA) is 66.9 Å². The van der Waals surface area contributed by atoms with Crippen LogP contribution in [0.25, 0.3) is 0 Å². The van der Waals surface area contributed by atoms with Gasteiger partial charge in [0.15, 0.2) is 0 Å². The normalized spacial score (nSPS) is 9.23. The minimum atomic E-state index is -0.514. The second-order valence-electron chi connectivity index (χ2n) is 2.51. The van der Waals surface area contributed by atoms with Gasteiger partial charge in [0.05, 0.1) is 16.6 Å². The van der Waals surface area contributed by atoms with Crippen LogP contribution in [0.3, 0.4) is 0 Å². The maximum absolute atomic E-state index is 10.4. The van der Waals surface area contributed by atoms with Crippen molar-refractivity contribution in [3.63, 3.8) is 0 Å². The van der Waals surface area contributed by atoms with Gasteiger partial charge in [-0.15, -0.1) is 0 Å². The fourth-order valence-corrected chi connectivity index (χ4v) is 0.988. The number of nitro benzene ring substituents is 1. The Hall–Kier alpha value is -1.89. The van der Waals surface area contributed by atoms with E-state index in [-0.39, 0.29) is 5.69 Å². The van der Waals surface area contributed by atoms with E-state index in [2.05, 4.69) is 6.92 Å². The molecule has 0 spiro atoms. The summed E-state index contributed by atoms with van der Waals surface area (Å²) in [4.78, 5) is 9.90. The first kappa shape index (κ1) is 9.20. The summed E-state index contributed by atoms with van der Waals surface area (Å²) in [7, 11) is 0. The molecule has 0 heterocycles. The smallest absolute Gasteiger partial charge is 0.258 e. The predicted octanol–water partition coefficient (Wildman–Crippen LogP) is 1.84. The molecule has 0 saturated heterocycles. The molecule has 1 radical (unpaired) electrons. The zero-order valence-corrected chi connectivity index (χ0v) is 6.86.